The normalized spacial score (nSPS) is 19.0. The molecule has 1 atom stereocenters. The number of fused-ring (bicyclic) bond motifs is 1. The van der Waals surface area contributed by atoms with Gasteiger partial charge in [0, 0.05) is 31.7 Å². The van der Waals surface area contributed by atoms with Crippen molar-refractivity contribution in [2.24, 2.45) is 0 Å². The number of alkyl halides is 3. The van der Waals surface area contributed by atoms with Gasteiger partial charge in [0.25, 0.3) is 0 Å². The third-order valence-electron chi connectivity index (χ3n) is 4.34. The number of rotatable bonds is 2. The number of carbonyl (C=O) groups is 3. The highest BCUT2D eigenvalue weighted by Crippen LogP contribution is 2.18. The van der Waals surface area contributed by atoms with E-state index in [9.17, 15) is 27.6 Å². The third kappa shape index (κ3) is 4.43. The van der Waals surface area contributed by atoms with Gasteiger partial charge in [-0.05, 0) is 24.3 Å². The molecule has 2 heterocycles. The zero-order valence-electron chi connectivity index (χ0n) is 14.6. The minimum atomic E-state index is -5.24. The molecule has 3 rings (SSSR count). The van der Waals surface area contributed by atoms with Crippen LogP contribution in [0, 0.1) is 11.8 Å². The van der Waals surface area contributed by atoms with Crippen LogP contribution in [0.3, 0.4) is 0 Å². The smallest absolute Gasteiger partial charge is 0.383 e. The lowest BCUT2D eigenvalue weighted by molar-refractivity contribution is -0.193. The Morgan fingerprint density at radius 1 is 1.25 bits per heavy atom. The fraction of sp³-hybridized carbons (Fsp3) is 0.389. The van der Waals surface area contributed by atoms with Crippen LogP contribution in [-0.2, 0) is 9.53 Å². The molecule has 0 saturated carbocycles. The summed E-state index contributed by atoms with van der Waals surface area (Å²) in [4.78, 5) is 37.9. The molecule has 0 aliphatic carbocycles. The van der Waals surface area contributed by atoms with Gasteiger partial charge in [-0.25, -0.2) is 14.4 Å². The van der Waals surface area contributed by atoms with Crippen LogP contribution in [0.2, 0.25) is 0 Å². The molecule has 2 aliphatic rings. The molecule has 0 bridgehead atoms. The van der Waals surface area contributed by atoms with Crippen LogP contribution in [0.5, 0.6) is 0 Å². The first kappa shape index (κ1) is 19.7. The molecule has 2 amide bonds. The van der Waals surface area contributed by atoms with Gasteiger partial charge >= 0.3 is 24.1 Å². The lowest BCUT2D eigenvalue weighted by atomic mass is 10.1. The Bertz CT molecular complexity index is 842. The SMILES string of the molecule is O=C(OC(=O)C(F)(F)F)c1ccc(C#CCN2C[C@@H]3CNCCN3C2=O)cc1. The van der Waals surface area contributed by atoms with Gasteiger partial charge < -0.3 is 19.9 Å². The van der Waals surface area contributed by atoms with E-state index >= 15 is 0 Å². The van der Waals surface area contributed by atoms with Gasteiger partial charge in [-0.1, -0.05) is 11.8 Å². The zero-order valence-corrected chi connectivity index (χ0v) is 14.6. The Morgan fingerprint density at radius 2 is 1.96 bits per heavy atom. The van der Waals surface area contributed by atoms with Crippen LogP contribution in [0.1, 0.15) is 15.9 Å². The van der Waals surface area contributed by atoms with E-state index in [2.05, 4.69) is 21.9 Å². The largest absolute Gasteiger partial charge is 0.491 e. The summed E-state index contributed by atoms with van der Waals surface area (Å²) in [6.07, 6.45) is -5.24. The average molecular weight is 395 g/mol. The lowest BCUT2D eigenvalue weighted by Crippen LogP contribution is -2.49. The molecule has 0 aromatic heterocycles. The van der Waals surface area contributed by atoms with E-state index in [1.165, 1.54) is 24.3 Å². The van der Waals surface area contributed by atoms with Crippen molar-refractivity contribution in [2.75, 3.05) is 32.7 Å². The van der Waals surface area contributed by atoms with Crippen LogP contribution < -0.4 is 5.32 Å². The van der Waals surface area contributed by atoms with Gasteiger partial charge in [0.2, 0.25) is 0 Å². The first-order valence-corrected chi connectivity index (χ1v) is 8.44. The molecular formula is C18H16F3N3O4. The molecule has 1 N–H and O–H groups in total. The van der Waals surface area contributed by atoms with E-state index < -0.39 is 18.1 Å². The molecule has 0 spiro atoms. The van der Waals surface area contributed by atoms with Gasteiger partial charge in [0.15, 0.2) is 0 Å². The second kappa shape index (κ2) is 7.90. The number of piperazine rings is 1. The Labute approximate surface area is 158 Å². The maximum atomic E-state index is 12.3. The van der Waals surface area contributed by atoms with Crippen molar-refractivity contribution >= 4 is 18.0 Å². The summed E-state index contributed by atoms with van der Waals surface area (Å²) in [6, 6.07) is 5.36. The van der Waals surface area contributed by atoms with Gasteiger partial charge in [-0.3, -0.25) is 0 Å². The topological polar surface area (TPSA) is 79.0 Å². The van der Waals surface area contributed by atoms with Crippen LogP contribution in [0.25, 0.3) is 0 Å². The summed E-state index contributed by atoms with van der Waals surface area (Å²) in [6.45, 7) is 3.03. The lowest BCUT2D eigenvalue weighted by Gasteiger charge is -2.28. The van der Waals surface area contributed by atoms with Gasteiger partial charge in [0.05, 0.1) is 18.2 Å². The Morgan fingerprint density at radius 3 is 2.61 bits per heavy atom. The summed E-state index contributed by atoms with van der Waals surface area (Å²) in [5.74, 6) is 1.74. The number of nitrogens with one attached hydrogen (secondary N) is 1. The van der Waals surface area contributed by atoms with Gasteiger partial charge in [-0.2, -0.15) is 13.2 Å². The Kier molecular flexibility index (Phi) is 5.56. The number of amides is 2. The molecule has 7 nitrogen and oxygen atoms in total. The maximum Gasteiger partial charge on any atom is 0.491 e. The molecule has 1 aromatic rings. The van der Waals surface area contributed by atoms with Crippen LogP contribution in [0.15, 0.2) is 24.3 Å². The van der Waals surface area contributed by atoms with Crippen molar-refractivity contribution in [1.29, 1.82) is 0 Å². The first-order valence-electron chi connectivity index (χ1n) is 8.44. The van der Waals surface area contributed by atoms with Crippen molar-refractivity contribution in [2.45, 2.75) is 12.2 Å². The van der Waals surface area contributed by atoms with E-state index in [-0.39, 0.29) is 24.2 Å². The highest BCUT2D eigenvalue weighted by Gasteiger charge is 2.42. The standard InChI is InChI=1S/C18H16F3N3O4/c19-18(20,21)16(26)28-15(25)13-5-3-12(4-6-13)2-1-8-23-11-14-10-22-7-9-24(14)17(23)27/h3-6,14,22H,7-11H2/t14-/m0/s1. The summed E-state index contributed by atoms with van der Waals surface area (Å²) in [5.41, 5.74) is 0.298. The van der Waals surface area contributed by atoms with Crippen molar-refractivity contribution in [1.82, 2.24) is 15.1 Å². The molecule has 28 heavy (non-hydrogen) atoms. The predicted octanol–water partition coefficient (Wildman–Crippen LogP) is 0.993. The zero-order chi connectivity index (χ0) is 20.3. The van der Waals surface area contributed by atoms with Crippen LogP contribution >= 0.6 is 0 Å². The van der Waals surface area contributed by atoms with E-state index in [0.717, 1.165) is 13.1 Å². The van der Waals surface area contributed by atoms with Crippen molar-refractivity contribution in [3.63, 3.8) is 0 Å². The van der Waals surface area contributed by atoms with Gasteiger partial charge in [0.1, 0.15) is 0 Å². The summed E-state index contributed by atoms with van der Waals surface area (Å²) < 4.78 is 40.1. The predicted molar refractivity (Wildman–Crippen MR) is 90.1 cm³/mol. The Hall–Kier alpha value is -3.06. The number of hydrogen-bond acceptors (Lipinski definition) is 5. The number of benzene rings is 1. The summed E-state index contributed by atoms with van der Waals surface area (Å²) in [7, 11) is 0. The molecule has 2 fully saturated rings. The van der Waals surface area contributed by atoms with Crippen molar-refractivity contribution in [3.05, 3.63) is 35.4 Å². The number of hydrogen-bond donors (Lipinski definition) is 1. The molecule has 0 radical (unpaired) electrons. The van der Waals surface area contributed by atoms with E-state index in [1.54, 1.807) is 4.90 Å². The first-order chi connectivity index (χ1) is 13.3. The molecule has 148 valence electrons. The minimum absolute atomic E-state index is 0.0479. The number of ether oxygens (including phenoxy) is 1. The number of halogens is 3. The Balaban J connectivity index is 1.56. The van der Waals surface area contributed by atoms with Gasteiger partial charge in [-0.15, -0.1) is 0 Å². The minimum Gasteiger partial charge on any atom is -0.383 e. The fourth-order valence-electron chi connectivity index (χ4n) is 2.95. The number of urea groups is 1. The summed E-state index contributed by atoms with van der Waals surface area (Å²) >= 11 is 0. The molecule has 0 unspecified atom stereocenters. The number of carbonyl (C=O) groups excluding carboxylic acids is 3. The highest BCUT2D eigenvalue weighted by atomic mass is 19.4. The average Bonchev–Trinajstić information content (AvgIpc) is 2.98. The highest BCUT2D eigenvalue weighted by molar-refractivity contribution is 5.98. The maximum absolute atomic E-state index is 12.3. The third-order valence-corrected chi connectivity index (χ3v) is 4.34. The molecule has 1 aromatic carbocycles. The number of nitrogens with zero attached hydrogens (tertiary/aromatic N) is 2. The molecule has 2 saturated heterocycles. The van der Waals surface area contributed by atoms with Crippen LogP contribution in [0.4, 0.5) is 18.0 Å². The summed E-state index contributed by atoms with van der Waals surface area (Å²) in [5, 5.41) is 3.24. The van der Waals surface area contributed by atoms with E-state index in [0.29, 0.717) is 18.7 Å². The van der Waals surface area contributed by atoms with E-state index in [4.69, 9.17) is 0 Å². The van der Waals surface area contributed by atoms with Crippen LogP contribution in [-0.4, -0.2) is 72.7 Å². The molecule has 2 aliphatic heterocycles. The monoisotopic (exact) mass is 395 g/mol. The van der Waals surface area contributed by atoms with E-state index in [1.807, 2.05) is 4.90 Å². The van der Waals surface area contributed by atoms with Crippen molar-refractivity contribution < 1.29 is 32.3 Å². The van der Waals surface area contributed by atoms with Crippen molar-refractivity contribution in [3.8, 4) is 11.8 Å². The fourth-order valence-corrected chi connectivity index (χ4v) is 2.95. The molecule has 10 heteroatoms. The quantitative estimate of drug-likeness (QED) is 0.459. The second-order valence-corrected chi connectivity index (χ2v) is 6.27. The second-order valence-electron chi connectivity index (χ2n) is 6.27. The molecular weight excluding hydrogens is 379 g/mol. The number of esters is 2.